The Balaban J connectivity index is 5.05. The van der Waals surface area contributed by atoms with E-state index >= 15 is 0 Å². The third-order valence-corrected chi connectivity index (χ3v) is 4.49. The summed E-state index contributed by atoms with van der Waals surface area (Å²) in [6, 6.07) is -1.82. The monoisotopic (exact) mass is 544 g/mol. The topological polar surface area (TPSA) is 161 Å². The van der Waals surface area contributed by atoms with Crippen LogP contribution in [-0.2, 0) is 23.8 Å². The Morgan fingerprint density at radius 3 is 1.32 bits per heavy atom. The third kappa shape index (κ3) is 19.1. The molecule has 220 valence electrons. The molecule has 1 unspecified atom stereocenters. The minimum Gasteiger partial charge on any atom is -0.444 e. The zero-order chi connectivity index (χ0) is 29.7. The Morgan fingerprint density at radius 2 is 0.947 bits per heavy atom. The van der Waals surface area contributed by atoms with Crippen LogP contribution in [-0.4, -0.2) is 71.9 Å². The molecule has 0 saturated carbocycles. The summed E-state index contributed by atoms with van der Waals surface area (Å²) in [6.07, 6.45) is -0.732. The van der Waals surface area contributed by atoms with Gasteiger partial charge in [-0.15, -0.1) is 0 Å². The zero-order valence-electron chi connectivity index (χ0n) is 24.7. The Hall–Kier alpha value is -3.05. The van der Waals surface area contributed by atoms with Crippen LogP contribution in [0.1, 0.15) is 94.9 Å². The van der Waals surface area contributed by atoms with Crippen LogP contribution in [0.25, 0.3) is 0 Å². The number of nitrogens with one attached hydrogen (secondary N) is 4. The van der Waals surface area contributed by atoms with Crippen molar-refractivity contribution in [2.24, 2.45) is 0 Å². The minimum absolute atomic E-state index is 0.172. The molecule has 0 aliphatic rings. The number of ether oxygens (including phenoxy) is 3. The molecule has 0 aliphatic carbocycles. The van der Waals surface area contributed by atoms with Gasteiger partial charge in [0, 0.05) is 13.1 Å². The van der Waals surface area contributed by atoms with Gasteiger partial charge in [0.25, 0.3) is 0 Å². The number of hydrogen-bond donors (Lipinski definition) is 4. The van der Waals surface area contributed by atoms with Gasteiger partial charge in [0.15, 0.2) is 5.78 Å². The molecule has 0 rings (SSSR count). The van der Waals surface area contributed by atoms with E-state index in [-0.39, 0.29) is 31.7 Å². The first-order chi connectivity index (χ1) is 17.2. The normalized spacial score (nSPS) is 13.4. The summed E-state index contributed by atoms with van der Waals surface area (Å²) in [5, 5.41) is 10.4. The van der Waals surface area contributed by atoms with E-state index in [0.717, 1.165) is 0 Å². The summed E-state index contributed by atoms with van der Waals surface area (Å²) >= 11 is 0. The van der Waals surface area contributed by atoms with Crippen LogP contribution in [0, 0.1) is 0 Å². The van der Waals surface area contributed by atoms with Gasteiger partial charge in [0.2, 0.25) is 5.91 Å². The molecule has 0 fully saturated rings. The molecule has 0 spiro atoms. The number of carbonyl (C=O) groups is 5. The standard InChI is InChI=1S/C26H48N4O8/c1-17(31)18(13-11-15-27-21(33)36-24(2,3)4)29-20(32)19(30-23(35)38-26(8,9)10)14-12-16-28-22(34)37-25(5,6)7/h18-19H,11-16H2,1-10H3,(H,27,33)(H,28,34)(H,29,32)(H,30,35)/t18?,19-/m1/s1. The van der Waals surface area contributed by atoms with Crippen LogP contribution in [0.5, 0.6) is 0 Å². The van der Waals surface area contributed by atoms with Gasteiger partial charge in [0.05, 0.1) is 6.04 Å². The van der Waals surface area contributed by atoms with E-state index in [9.17, 15) is 24.0 Å². The molecule has 0 aromatic rings. The average molecular weight is 545 g/mol. The molecule has 0 aliphatic heterocycles. The molecule has 0 aromatic carbocycles. The summed E-state index contributed by atoms with van der Waals surface area (Å²) in [5.74, 6) is -0.827. The first-order valence-electron chi connectivity index (χ1n) is 12.9. The third-order valence-electron chi connectivity index (χ3n) is 4.49. The summed E-state index contributed by atoms with van der Waals surface area (Å²) in [4.78, 5) is 61.2. The number of ketones is 1. The highest BCUT2D eigenvalue weighted by atomic mass is 16.6. The predicted molar refractivity (Wildman–Crippen MR) is 143 cm³/mol. The van der Waals surface area contributed by atoms with Crippen molar-refractivity contribution >= 4 is 30.0 Å². The fraction of sp³-hybridized carbons (Fsp3) is 0.808. The maximum absolute atomic E-state index is 13.0. The van der Waals surface area contributed by atoms with E-state index in [4.69, 9.17) is 14.2 Å². The number of carbonyl (C=O) groups excluding carboxylic acids is 5. The van der Waals surface area contributed by atoms with Crippen molar-refractivity contribution in [3.8, 4) is 0 Å². The lowest BCUT2D eigenvalue weighted by Gasteiger charge is -2.25. The van der Waals surface area contributed by atoms with Gasteiger partial charge in [-0.05, 0) is 94.9 Å². The zero-order valence-corrected chi connectivity index (χ0v) is 24.7. The molecule has 0 radical (unpaired) electrons. The van der Waals surface area contributed by atoms with E-state index in [0.29, 0.717) is 12.8 Å². The van der Waals surface area contributed by atoms with Gasteiger partial charge in [0.1, 0.15) is 22.8 Å². The molecule has 4 amide bonds. The first kappa shape index (κ1) is 35.0. The number of amides is 4. The first-order valence-corrected chi connectivity index (χ1v) is 12.9. The molecule has 12 heteroatoms. The van der Waals surface area contributed by atoms with Crippen molar-refractivity contribution in [3.05, 3.63) is 0 Å². The Kier molecular flexibility index (Phi) is 14.1. The second kappa shape index (κ2) is 15.4. The molecular weight excluding hydrogens is 496 g/mol. The van der Waals surface area contributed by atoms with Crippen molar-refractivity contribution in [3.63, 3.8) is 0 Å². The highest BCUT2D eigenvalue weighted by Gasteiger charge is 2.27. The molecule has 0 aromatic heterocycles. The van der Waals surface area contributed by atoms with E-state index in [1.165, 1.54) is 6.92 Å². The van der Waals surface area contributed by atoms with Crippen molar-refractivity contribution in [2.75, 3.05) is 13.1 Å². The van der Waals surface area contributed by atoms with E-state index in [2.05, 4.69) is 21.3 Å². The van der Waals surface area contributed by atoms with Crippen LogP contribution in [0.2, 0.25) is 0 Å². The molecule has 0 saturated heterocycles. The van der Waals surface area contributed by atoms with E-state index < -0.39 is 53.1 Å². The number of alkyl carbamates (subject to hydrolysis) is 3. The lowest BCUT2D eigenvalue weighted by atomic mass is 10.1. The van der Waals surface area contributed by atoms with E-state index in [1.807, 2.05) is 0 Å². The van der Waals surface area contributed by atoms with Crippen molar-refractivity contribution in [1.82, 2.24) is 21.3 Å². The molecule has 0 heterocycles. The fourth-order valence-corrected chi connectivity index (χ4v) is 2.99. The second-order valence-corrected chi connectivity index (χ2v) is 12.0. The summed E-state index contributed by atoms with van der Waals surface area (Å²) in [6.45, 7) is 17.4. The van der Waals surface area contributed by atoms with Crippen LogP contribution in [0.4, 0.5) is 14.4 Å². The van der Waals surface area contributed by atoms with Gasteiger partial charge in [-0.2, -0.15) is 0 Å². The van der Waals surface area contributed by atoms with E-state index in [1.54, 1.807) is 62.3 Å². The quantitative estimate of drug-likeness (QED) is 0.214. The number of Topliss-reactive ketones (excluding diaryl/α,β-unsaturated/α-hetero) is 1. The van der Waals surface area contributed by atoms with Gasteiger partial charge in [-0.25, -0.2) is 14.4 Å². The highest BCUT2D eigenvalue weighted by molar-refractivity contribution is 5.91. The minimum atomic E-state index is -1.01. The van der Waals surface area contributed by atoms with Gasteiger partial charge in [-0.3, -0.25) is 9.59 Å². The Labute approximate surface area is 226 Å². The second-order valence-electron chi connectivity index (χ2n) is 12.0. The fourth-order valence-electron chi connectivity index (χ4n) is 2.99. The largest absolute Gasteiger partial charge is 0.444 e. The molecule has 4 N–H and O–H groups in total. The average Bonchev–Trinajstić information content (AvgIpc) is 2.68. The summed E-state index contributed by atoms with van der Waals surface area (Å²) in [5.41, 5.74) is -2.04. The number of hydrogen-bond acceptors (Lipinski definition) is 8. The SMILES string of the molecule is CC(=O)C(CCCNC(=O)OC(C)(C)C)NC(=O)[C@@H](CCCNC(=O)OC(C)(C)C)NC(=O)OC(C)(C)C. The molecule has 12 nitrogen and oxygen atoms in total. The molecule has 0 bridgehead atoms. The smallest absolute Gasteiger partial charge is 0.408 e. The Morgan fingerprint density at radius 1 is 0.579 bits per heavy atom. The van der Waals surface area contributed by atoms with Crippen molar-refractivity contribution in [2.45, 2.75) is 124 Å². The maximum atomic E-state index is 13.0. The summed E-state index contributed by atoms with van der Waals surface area (Å²) in [7, 11) is 0. The van der Waals surface area contributed by atoms with Crippen LogP contribution in [0.3, 0.4) is 0 Å². The Bertz CT molecular complexity index is 810. The molecule has 2 atom stereocenters. The summed E-state index contributed by atoms with van der Waals surface area (Å²) < 4.78 is 15.6. The predicted octanol–water partition coefficient (Wildman–Crippen LogP) is 3.56. The van der Waals surface area contributed by atoms with Crippen LogP contribution in [0.15, 0.2) is 0 Å². The van der Waals surface area contributed by atoms with Crippen molar-refractivity contribution in [1.29, 1.82) is 0 Å². The van der Waals surface area contributed by atoms with Gasteiger partial charge >= 0.3 is 18.3 Å². The molecular formula is C26H48N4O8. The lowest BCUT2D eigenvalue weighted by molar-refractivity contribution is -0.128. The van der Waals surface area contributed by atoms with Gasteiger partial charge in [-0.1, -0.05) is 0 Å². The highest BCUT2D eigenvalue weighted by Crippen LogP contribution is 2.10. The number of rotatable bonds is 12. The van der Waals surface area contributed by atoms with Gasteiger partial charge < -0.3 is 35.5 Å². The maximum Gasteiger partial charge on any atom is 0.408 e. The molecule has 38 heavy (non-hydrogen) atoms. The van der Waals surface area contributed by atoms with Crippen LogP contribution < -0.4 is 21.3 Å². The lowest BCUT2D eigenvalue weighted by Crippen LogP contribution is -2.52. The van der Waals surface area contributed by atoms with Crippen molar-refractivity contribution < 1.29 is 38.2 Å². The van der Waals surface area contributed by atoms with Crippen LogP contribution >= 0.6 is 0 Å².